The molecule has 15 heavy (non-hydrogen) atoms. The van der Waals surface area contributed by atoms with Gasteiger partial charge in [-0.2, -0.15) is 0 Å². The van der Waals surface area contributed by atoms with Gasteiger partial charge in [0.25, 0.3) is 0 Å². The summed E-state index contributed by atoms with van der Waals surface area (Å²) < 4.78 is 0. The van der Waals surface area contributed by atoms with Gasteiger partial charge in [0.1, 0.15) is 5.82 Å². The van der Waals surface area contributed by atoms with Gasteiger partial charge in [-0.05, 0) is 24.6 Å². The van der Waals surface area contributed by atoms with Crippen molar-refractivity contribution in [2.45, 2.75) is 6.92 Å². The predicted octanol–water partition coefficient (Wildman–Crippen LogP) is 2.20. The maximum Gasteiger partial charge on any atom is 0.249 e. The second kappa shape index (κ2) is 5.93. The number of nitrogens with one attached hydrogen (secondary N) is 1. The molecule has 0 aliphatic carbocycles. The van der Waals surface area contributed by atoms with Crippen LogP contribution in [0.5, 0.6) is 0 Å². The fourth-order valence-corrected chi connectivity index (χ4v) is 0.974. The standard InChI is InChI=1S/C10H10ClN3O/c1-2-3-4-5-9(15)13-8-6-7-12-10(11)14-8/h2-7H,1H3,(H,12,13,14,15)/b3-2+,5-4+. The lowest BCUT2D eigenvalue weighted by molar-refractivity contribution is -0.111. The molecular weight excluding hydrogens is 214 g/mol. The molecule has 1 N–H and O–H groups in total. The van der Waals surface area contributed by atoms with E-state index in [-0.39, 0.29) is 11.2 Å². The van der Waals surface area contributed by atoms with Gasteiger partial charge in [0, 0.05) is 12.3 Å². The Labute approximate surface area is 92.7 Å². The topological polar surface area (TPSA) is 54.9 Å². The van der Waals surface area contributed by atoms with Crippen molar-refractivity contribution in [3.63, 3.8) is 0 Å². The van der Waals surface area contributed by atoms with Crippen molar-refractivity contribution in [2.24, 2.45) is 0 Å². The molecule has 0 saturated heterocycles. The monoisotopic (exact) mass is 223 g/mol. The first-order chi connectivity index (χ1) is 7.22. The molecule has 0 aliphatic rings. The molecule has 0 fully saturated rings. The zero-order valence-corrected chi connectivity index (χ0v) is 8.90. The van der Waals surface area contributed by atoms with Crippen LogP contribution in [0, 0.1) is 0 Å². The fourth-order valence-electron chi connectivity index (χ4n) is 0.826. The largest absolute Gasteiger partial charge is 0.307 e. The zero-order chi connectivity index (χ0) is 11.1. The third kappa shape index (κ3) is 4.37. The minimum Gasteiger partial charge on any atom is -0.307 e. The van der Waals surface area contributed by atoms with Crippen LogP contribution in [0.2, 0.25) is 5.28 Å². The van der Waals surface area contributed by atoms with Crippen LogP contribution < -0.4 is 5.32 Å². The van der Waals surface area contributed by atoms with Crippen molar-refractivity contribution >= 4 is 23.3 Å². The SMILES string of the molecule is C/C=C/C=C/C(=O)Nc1ccnc(Cl)n1. The summed E-state index contributed by atoms with van der Waals surface area (Å²) in [6, 6.07) is 1.56. The number of halogens is 1. The Kier molecular flexibility index (Phi) is 4.50. The summed E-state index contributed by atoms with van der Waals surface area (Å²) >= 11 is 5.55. The van der Waals surface area contributed by atoms with Crippen molar-refractivity contribution in [3.05, 3.63) is 41.9 Å². The molecule has 0 aromatic carbocycles. The summed E-state index contributed by atoms with van der Waals surface area (Å²) in [6.07, 6.45) is 8.09. The van der Waals surface area contributed by atoms with Gasteiger partial charge in [-0.15, -0.1) is 0 Å². The third-order valence-corrected chi connectivity index (χ3v) is 1.61. The number of aromatic nitrogens is 2. The Morgan fingerprint density at radius 3 is 3.00 bits per heavy atom. The summed E-state index contributed by atoms with van der Waals surface area (Å²) in [7, 11) is 0. The van der Waals surface area contributed by atoms with Crippen molar-refractivity contribution in [1.82, 2.24) is 9.97 Å². The summed E-state index contributed by atoms with van der Waals surface area (Å²) in [5, 5.41) is 2.65. The highest BCUT2D eigenvalue weighted by Gasteiger charge is 1.99. The molecule has 4 nitrogen and oxygen atoms in total. The smallest absolute Gasteiger partial charge is 0.249 e. The van der Waals surface area contributed by atoms with Gasteiger partial charge in [0.05, 0.1) is 0 Å². The van der Waals surface area contributed by atoms with Gasteiger partial charge in [0.2, 0.25) is 11.2 Å². The van der Waals surface area contributed by atoms with E-state index in [0.29, 0.717) is 5.82 Å². The highest BCUT2D eigenvalue weighted by molar-refractivity contribution is 6.28. The van der Waals surface area contributed by atoms with E-state index in [0.717, 1.165) is 0 Å². The summed E-state index contributed by atoms with van der Waals surface area (Å²) in [6.45, 7) is 1.87. The fraction of sp³-hybridized carbons (Fsp3) is 0.100. The van der Waals surface area contributed by atoms with Crippen molar-refractivity contribution in [3.8, 4) is 0 Å². The molecule has 5 heteroatoms. The quantitative estimate of drug-likeness (QED) is 0.486. The van der Waals surface area contributed by atoms with Crippen LogP contribution in [-0.2, 0) is 4.79 Å². The molecule has 1 rings (SSSR count). The second-order valence-electron chi connectivity index (χ2n) is 2.59. The van der Waals surface area contributed by atoms with E-state index in [2.05, 4.69) is 15.3 Å². The molecule has 1 aromatic rings. The van der Waals surface area contributed by atoms with Crippen LogP contribution in [0.4, 0.5) is 5.82 Å². The Hall–Kier alpha value is -1.68. The van der Waals surface area contributed by atoms with Crippen LogP contribution >= 0.6 is 11.6 Å². The van der Waals surface area contributed by atoms with Gasteiger partial charge >= 0.3 is 0 Å². The Morgan fingerprint density at radius 2 is 2.33 bits per heavy atom. The molecular formula is C10H10ClN3O. The minimum absolute atomic E-state index is 0.102. The molecule has 1 heterocycles. The van der Waals surface area contributed by atoms with Crippen LogP contribution in [0.1, 0.15) is 6.92 Å². The number of hydrogen-bond acceptors (Lipinski definition) is 3. The number of carbonyl (C=O) groups excluding carboxylic acids is 1. The lowest BCUT2D eigenvalue weighted by Crippen LogP contribution is -2.09. The van der Waals surface area contributed by atoms with Crippen LogP contribution in [0.25, 0.3) is 0 Å². The number of rotatable bonds is 3. The Bertz CT molecular complexity index is 401. The normalized spacial score (nSPS) is 11.1. The molecule has 0 unspecified atom stereocenters. The molecule has 0 bridgehead atoms. The molecule has 0 radical (unpaired) electrons. The first kappa shape index (κ1) is 11.4. The Balaban J connectivity index is 2.59. The molecule has 0 saturated carbocycles. The summed E-state index contributed by atoms with van der Waals surface area (Å²) in [4.78, 5) is 18.8. The molecule has 0 spiro atoms. The molecule has 0 aliphatic heterocycles. The maximum atomic E-state index is 11.3. The van der Waals surface area contributed by atoms with Gasteiger partial charge in [-0.3, -0.25) is 4.79 Å². The van der Waals surface area contributed by atoms with Crippen LogP contribution in [0.15, 0.2) is 36.6 Å². The summed E-state index contributed by atoms with van der Waals surface area (Å²) in [5.74, 6) is 0.119. The Morgan fingerprint density at radius 1 is 1.53 bits per heavy atom. The van der Waals surface area contributed by atoms with E-state index in [4.69, 9.17) is 11.6 Å². The van der Waals surface area contributed by atoms with Gasteiger partial charge in [0.15, 0.2) is 0 Å². The number of allylic oxidation sites excluding steroid dienone is 3. The lowest BCUT2D eigenvalue weighted by Gasteiger charge is -1.99. The molecule has 78 valence electrons. The van der Waals surface area contributed by atoms with E-state index in [1.54, 1.807) is 18.2 Å². The van der Waals surface area contributed by atoms with E-state index >= 15 is 0 Å². The molecule has 1 aromatic heterocycles. The first-order valence-corrected chi connectivity index (χ1v) is 4.69. The minimum atomic E-state index is -0.261. The van der Waals surface area contributed by atoms with Gasteiger partial charge in [-0.25, -0.2) is 9.97 Å². The highest BCUT2D eigenvalue weighted by atomic mass is 35.5. The number of anilines is 1. The molecule has 0 atom stereocenters. The third-order valence-electron chi connectivity index (χ3n) is 1.43. The first-order valence-electron chi connectivity index (χ1n) is 4.31. The number of nitrogens with zero attached hydrogens (tertiary/aromatic N) is 2. The predicted molar refractivity (Wildman–Crippen MR) is 59.6 cm³/mol. The summed E-state index contributed by atoms with van der Waals surface area (Å²) in [5.41, 5.74) is 0. The van der Waals surface area contributed by atoms with Crippen molar-refractivity contribution < 1.29 is 4.79 Å². The van der Waals surface area contributed by atoms with E-state index in [9.17, 15) is 4.79 Å². The molecule has 1 amide bonds. The van der Waals surface area contributed by atoms with E-state index in [1.165, 1.54) is 12.3 Å². The van der Waals surface area contributed by atoms with Crippen molar-refractivity contribution in [1.29, 1.82) is 0 Å². The van der Waals surface area contributed by atoms with Crippen LogP contribution in [-0.4, -0.2) is 15.9 Å². The van der Waals surface area contributed by atoms with Gasteiger partial charge < -0.3 is 5.32 Å². The number of carbonyl (C=O) groups is 1. The number of amides is 1. The number of hydrogen-bond donors (Lipinski definition) is 1. The van der Waals surface area contributed by atoms with Gasteiger partial charge in [-0.1, -0.05) is 18.2 Å². The lowest BCUT2D eigenvalue weighted by atomic mass is 10.4. The van der Waals surface area contributed by atoms with Crippen molar-refractivity contribution in [2.75, 3.05) is 5.32 Å². The average molecular weight is 224 g/mol. The van der Waals surface area contributed by atoms with Crippen LogP contribution in [0.3, 0.4) is 0 Å². The maximum absolute atomic E-state index is 11.3. The second-order valence-corrected chi connectivity index (χ2v) is 2.92. The average Bonchev–Trinajstić information content (AvgIpc) is 2.18. The highest BCUT2D eigenvalue weighted by Crippen LogP contribution is 2.05. The van der Waals surface area contributed by atoms with E-state index < -0.39 is 0 Å². The zero-order valence-electron chi connectivity index (χ0n) is 8.14. The van der Waals surface area contributed by atoms with E-state index in [1.807, 2.05) is 13.0 Å².